The minimum absolute atomic E-state index is 0.775. The largest absolute Gasteiger partial charge is 0.357 e. The van der Waals surface area contributed by atoms with Crippen LogP contribution in [-0.2, 0) is 0 Å². The normalized spacial score (nSPS) is 10.4. The smallest absolute Gasteiger partial charge is 0.102 e. The predicted molar refractivity (Wildman–Crippen MR) is 57.2 cm³/mol. The van der Waals surface area contributed by atoms with Crippen molar-refractivity contribution in [2.75, 3.05) is 0 Å². The van der Waals surface area contributed by atoms with Gasteiger partial charge in [-0.15, -0.1) is 0 Å². The third-order valence-corrected chi connectivity index (χ3v) is 2.54. The van der Waals surface area contributed by atoms with Crippen LogP contribution in [0.4, 0.5) is 0 Å². The van der Waals surface area contributed by atoms with Gasteiger partial charge in [-0.25, -0.2) is 0 Å². The molecule has 2 heteroatoms. The second-order valence-electron chi connectivity index (χ2n) is 3.74. The lowest BCUT2D eigenvalue weighted by Crippen LogP contribution is -1.80. The Bertz CT molecular complexity index is 541. The van der Waals surface area contributed by atoms with Crippen LogP contribution in [0.5, 0.6) is 0 Å². The Morgan fingerprint density at radius 1 is 1.21 bits per heavy atom. The van der Waals surface area contributed by atoms with E-state index in [9.17, 15) is 0 Å². The minimum atomic E-state index is 0.775. The monoisotopic (exact) mass is 184 g/mol. The molecule has 0 unspecified atom stereocenters. The molecule has 0 spiro atoms. The number of H-pyrrole nitrogens is 1. The van der Waals surface area contributed by atoms with Crippen molar-refractivity contribution < 1.29 is 0 Å². The molecule has 0 aliphatic carbocycles. The molecule has 0 atom stereocenters. The number of hydrogen-bond acceptors (Lipinski definition) is 1. The molecule has 0 aliphatic rings. The summed E-state index contributed by atoms with van der Waals surface area (Å²) in [5.74, 6) is 0. The first-order valence-electron chi connectivity index (χ1n) is 4.63. The molecule has 1 aromatic heterocycles. The maximum atomic E-state index is 9.03. The number of nitriles is 1. The Balaban J connectivity index is 2.97. The van der Waals surface area contributed by atoms with E-state index < -0.39 is 0 Å². The highest BCUT2D eigenvalue weighted by Gasteiger charge is 2.09. The van der Waals surface area contributed by atoms with Crippen LogP contribution in [0.25, 0.3) is 10.9 Å². The van der Waals surface area contributed by atoms with Gasteiger partial charge in [0.05, 0.1) is 5.56 Å². The molecule has 1 heterocycles. The van der Waals surface area contributed by atoms with Gasteiger partial charge < -0.3 is 4.98 Å². The second kappa shape index (κ2) is 2.88. The minimum Gasteiger partial charge on any atom is -0.357 e. The van der Waals surface area contributed by atoms with Crippen molar-refractivity contribution in [3.8, 4) is 6.07 Å². The number of aromatic nitrogens is 1. The quantitative estimate of drug-likeness (QED) is 0.671. The molecular formula is C12H12N2. The fourth-order valence-corrected chi connectivity index (χ4v) is 1.99. The summed E-state index contributed by atoms with van der Waals surface area (Å²) in [6.45, 7) is 6.05. The van der Waals surface area contributed by atoms with Crippen LogP contribution < -0.4 is 0 Å². The first-order chi connectivity index (χ1) is 6.63. The van der Waals surface area contributed by atoms with Crippen LogP contribution in [0.15, 0.2) is 12.1 Å². The highest BCUT2D eigenvalue weighted by atomic mass is 14.7. The zero-order valence-corrected chi connectivity index (χ0v) is 8.60. The van der Waals surface area contributed by atoms with E-state index in [1.54, 1.807) is 0 Å². The average Bonchev–Trinajstić information content (AvgIpc) is 2.40. The van der Waals surface area contributed by atoms with Gasteiger partial charge >= 0.3 is 0 Å². The van der Waals surface area contributed by atoms with Gasteiger partial charge in [0.2, 0.25) is 0 Å². The highest BCUT2D eigenvalue weighted by molar-refractivity contribution is 5.90. The molecule has 0 fully saturated rings. The van der Waals surface area contributed by atoms with E-state index in [1.807, 2.05) is 13.8 Å². The summed E-state index contributed by atoms with van der Waals surface area (Å²) in [5, 5.41) is 10.1. The Kier molecular flexibility index (Phi) is 1.82. The molecule has 0 saturated heterocycles. The lowest BCUT2D eigenvalue weighted by atomic mass is 10.0. The average molecular weight is 184 g/mol. The second-order valence-corrected chi connectivity index (χ2v) is 3.74. The van der Waals surface area contributed by atoms with Gasteiger partial charge in [0.1, 0.15) is 6.07 Å². The summed E-state index contributed by atoms with van der Waals surface area (Å²) in [6.07, 6.45) is 0. The molecule has 0 bridgehead atoms. The van der Waals surface area contributed by atoms with E-state index in [2.05, 4.69) is 30.1 Å². The Labute approximate surface area is 83.2 Å². The third kappa shape index (κ3) is 1.10. The Hall–Kier alpha value is -1.75. The van der Waals surface area contributed by atoms with Crippen LogP contribution in [0, 0.1) is 32.1 Å². The van der Waals surface area contributed by atoms with E-state index in [4.69, 9.17) is 5.26 Å². The first kappa shape index (κ1) is 8.83. The fraction of sp³-hybridized carbons (Fsp3) is 0.250. The number of hydrogen-bond donors (Lipinski definition) is 1. The highest BCUT2D eigenvalue weighted by Crippen LogP contribution is 2.25. The molecule has 1 N–H and O–H groups in total. The van der Waals surface area contributed by atoms with E-state index in [0.29, 0.717) is 0 Å². The van der Waals surface area contributed by atoms with Crippen LogP contribution in [-0.4, -0.2) is 4.98 Å². The van der Waals surface area contributed by atoms with E-state index in [-0.39, 0.29) is 0 Å². The van der Waals surface area contributed by atoms with Crippen molar-refractivity contribution >= 4 is 10.9 Å². The molecular weight excluding hydrogens is 172 g/mol. The summed E-state index contributed by atoms with van der Waals surface area (Å²) in [6, 6.07) is 6.43. The van der Waals surface area contributed by atoms with Gasteiger partial charge in [-0.1, -0.05) is 6.07 Å². The van der Waals surface area contributed by atoms with Crippen molar-refractivity contribution in [2.24, 2.45) is 0 Å². The molecule has 2 nitrogen and oxygen atoms in total. The summed E-state index contributed by atoms with van der Waals surface area (Å²) in [7, 11) is 0. The van der Waals surface area contributed by atoms with Crippen LogP contribution in [0.1, 0.15) is 22.4 Å². The number of fused-ring (bicyclic) bond motifs is 1. The first-order valence-corrected chi connectivity index (χ1v) is 4.63. The van der Waals surface area contributed by atoms with Crippen molar-refractivity contribution in [3.05, 3.63) is 34.5 Å². The zero-order chi connectivity index (χ0) is 10.3. The van der Waals surface area contributed by atoms with Gasteiger partial charge in [0, 0.05) is 16.6 Å². The summed E-state index contributed by atoms with van der Waals surface area (Å²) < 4.78 is 0. The molecule has 2 aromatic rings. The lowest BCUT2D eigenvalue weighted by molar-refractivity contribution is 1.28. The Morgan fingerprint density at radius 2 is 1.93 bits per heavy atom. The van der Waals surface area contributed by atoms with Gasteiger partial charge in [0.25, 0.3) is 0 Å². The number of aryl methyl sites for hydroxylation is 3. The van der Waals surface area contributed by atoms with Gasteiger partial charge in [-0.2, -0.15) is 5.26 Å². The topological polar surface area (TPSA) is 39.6 Å². The van der Waals surface area contributed by atoms with Gasteiger partial charge in [-0.3, -0.25) is 0 Å². The van der Waals surface area contributed by atoms with Crippen LogP contribution >= 0.6 is 0 Å². The van der Waals surface area contributed by atoms with Crippen molar-refractivity contribution in [3.63, 3.8) is 0 Å². The summed E-state index contributed by atoms with van der Waals surface area (Å²) >= 11 is 0. The molecule has 1 aromatic carbocycles. The maximum Gasteiger partial charge on any atom is 0.102 e. The van der Waals surface area contributed by atoms with Crippen molar-refractivity contribution in [1.82, 2.24) is 4.98 Å². The molecule has 0 amide bonds. The third-order valence-electron chi connectivity index (χ3n) is 2.54. The van der Waals surface area contributed by atoms with Crippen molar-refractivity contribution in [1.29, 1.82) is 5.26 Å². The van der Waals surface area contributed by atoms with Crippen LogP contribution in [0.2, 0.25) is 0 Å². The van der Waals surface area contributed by atoms with Gasteiger partial charge in [0.15, 0.2) is 0 Å². The number of nitrogens with zero attached hydrogens (tertiary/aromatic N) is 1. The maximum absolute atomic E-state index is 9.03. The van der Waals surface area contributed by atoms with E-state index in [0.717, 1.165) is 22.2 Å². The predicted octanol–water partition coefficient (Wildman–Crippen LogP) is 2.96. The lowest BCUT2D eigenvalue weighted by Gasteiger charge is -1.98. The molecule has 2 rings (SSSR count). The zero-order valence-electron chi connectivity index (χ0n) is 8.60. The summed E-state index contributed by atoms with van der Waals surface area (Å²) in [5.41, 5.74) is 5.19. The summed E-state index contributed by atoms with van der Waals surface area (Å²) in [4.78, 5) is 3.24. The fourth-order valence-electron chi connectivity index (χ4n) is 1.99. The number of aromatic amines is 1. The van der Waals surface area contributed by atoms with Crippen LogP contribution in [0.3, 0.4) is 0 Å². The molecule has 0 aliphatic heterocycles. The molecule has 0 radical (unpaired) electrons. The number of nitrogens with one attached hydrogen (secondary N) is 1. The SMILES string of the molecule is Cc1cc(C)c2c(C#N)c(C)[nH]c2c1. The molecule has 0 saturated carbocycles. The van der Waals surface area contributed by atoms with E-state index in [1.165, 1.54) is 11.1 Å². The van der Waals surface area contributed by atoms with E-state index >= 15 is 0 Å². The molecule has 14 heavy (non-hydrogen) atoms. The molecule has 70 valence electrons. The van der Waals surface area contributed by atoms with Crippen molar-refractivity contribution in [2.45, 2.75) is 20.8 Å². The standard InChI is InChI=1S/C12H12N2/c1-7-4-8(2)12-10(6-13)9(3)14-11(12)5-7/h4-5,14H,1-3H3. The Morgan fingerprint density at radius 3 is 2.57 bits per heavy atom. The van der Waals surface area contributed by atoms with Gasteiger partial charge in [-0.05, 0) is 38.0 Å². The number of benzene rings is 1. The number of rotatable bonds is 0.